The molecule has 4 nitrogen and oxygen atoms in total. The number of nitrogens with zero attached hydrogens (tertiary/aromatic N) is 1. The third-order valence-corrected chi connectivity index (χ3v) is 4.56. The van der Waals surface area contributed by atoms with Crippen LogP contribution in [0.4, 0.5) is 0 Å². The Morgan fingerprint density at radius 2 is 2.00 bits per heavy atom. The van der Waals surface area contributed by atoms with Crippen LogP contribution in [0.3, 0.4) is 0 Å². The predicted molar refractivity (Wildman–Crippen MR) is 112 cm³/mol. The molecule has 1 fully saturated rings. The third kappa shape index (κ3) is 7.83. The van der Waals surface area contributed by atoms with E-state index >= 15 is 0 Å². The number of hydrogen-bond acceptors (Lipinski definition) is 2. The standard InChI is InChI=1S/C19H31N3O.HI/c1-2-23-18(17-10-6-7-11-17)13-15-22-19(20)21-14-12-16-8-4-3-5-9-16;/h3-5,8-9,17-18H,2,6-7,10-15H2,1H3,(H3,20,21,22);1H. The van der Waals surface area contributed by atoms with Gasteiger partial charge < -0.3 is 15.8 Å². The highest BCUT2D eigenvalue weighted by molar-refractivity contribution is 14.0. The van der Waals surface area contributed by atoms with Gasteiger partial charge in [-0.3, -0.25) is 4.99 Å². The van der Waals surface area contributed by atoms with Crippen LogP contribution in [0.5, 0.6) is 0 Å². The maximum atomic E-state index is 5.95. The average Bonchev–Trinajstić information content (AvgIpc) is 3.09. The van der Waals surface area contributed by atoms with Gasteiger partial charge in [-0.25, -0.2) is 0 Å². The van der Waals surface area contributed by atoms with Crippen LogP contribution in [0.2, 0.25) is 0 Å². The quantitative estimate of drug-likeness (QED) is 0.346. The van der Waals surface area contributed by atoms with Gasteiger partial charge in [0, 0.05) is 19.7 Å². The van der Waals surface area contributed by atoms with Crippen molar-refractivity contribution in [1.29, 1.82) is 0 Å². The topological polar surface area (TPSA) is 59.6 Å². The van der Waals surface area contributed by atoms with Gasteiger partial charge in [0.05, 0.1) is 6.10 Å². The van der Waals surface area contributed by atoms with E-state index in [1.165, 1.54) is 31.2 Å². The summed E-state index contributed by atoms with van der Waals surface area (Å²) in [6, 6.07) is 10.4. The molecule has 24 heavy (non-hydrogen) atoms. The van der Waals surface area contributed by atoms with Crippen molar-refractivity contribution in [2.45, 2.75) is 51.6 Å². The first kappa shape index (κ1) is 21.2. The van der Waals surface area contributed by atoms with Crippen LogP contribution in [0, 0.1) is 5.92 Å². The van der Waals surface area contributed by atoms with Crippen molar-refractivity contribution in [1.82, 2.24) is 5.32 Å². The molecule has 0 aliphatic heterocycles. The maximum absolute atomic E-state index is 5.95. The number of nitrogens with two attached hydrogens (primary N) is 1. The van der Waals surface area contributed by atoms with Crippen molar-refractivity contribution in [3.63, 3.8) is 0 Å². The van der Waals surface area contributed by atoms with Crippen LogP contribution < -0.4 is 11.1 Å². The van der Waals surface area contributed by atoms with E-state index in [2.05, 4.69) is 41.5 Å². The summed E-state index contributed by atoms with van der Waals surface area (Å²) in [4.78, 5) is 4.45. The van der Waals surface area contributed by atoms with Crippen LogP contribution >= 0.6 is 24.0 Å². The molecule has 136 valence electrons. The number of ether oxygens (including phenoxy) is 1. The molecule has 0 saturated heterocycles. The zero-order valence-corrected chi connectivity index (χ0v) is 17.1. The molecule has 0 spiro atoms. The van der Waals surface area contributed by atoms with Gasteiger partial charge in [0.15, 0.2) is 5.96 Å². The summed E-state index contributed by atoms with van der Waals surface area (Å²) in [5, 5.41) is 3.19. The molecular formula is C19H32IN3O. The Hall–Kier alpha value is -0.820. The molecule has 1 saturated carbocycles. The van der Waals surface area contributed by atoms with E-state index in [0.717, 1.165) is 38.5 Å². The monoisotopic (exact) mass is 445 g/mol. The molecular weight excluding hydrogens is 413 g/mol. The van der Waals surface area contributed by atoms with Gasteiger partial charge in [-0.2, -0.15) is 0 Å². The number of rotatable bonds is 9. The zero-order valence-electron chi connectivity index (χ0n) is 14.7. The van der Waals surface area contributed by atoms with Crippen molar-refractivity contribution < 1.29 is 4.74 Å². The van der Waals surface area contributed by atoms with Gasteiger partial charge in [0.25, 0.3) is 0 Å². The van der Waals surface area contributed by atoms with Crippen LogP contribution in [-0.2, 0) is 11.2 Å². The van der Waals surface area contributed by atoms with Gasteiger partial charge in [-0.15, -0.1) is 24.0 Å². The minimum Gasteiger partial charge on any atom is -0.378 e. The fourth-order valence-corrected chi connectivity index (χ4v) is 3.35. The first-order valence-electron chi connectivity index (χ1n) is 8.99. The molecule has 1 aliphatic rings. The first-order valence-corrected chi connectivity index (χ1v) is 8.99. The predicted octanol–water partition coefficient (Wildman–Crippen LogP) is 3.74. The Labute approximate surface area is 163 Å². The van der Waals surface area contributed by atoms with Gasteiger partial charge >= 0.3 is 0 Å². The minimum atomic E-state index is 0. The molecule has 1 aromatic carbocycles. The van der Waals surface area contributed by atoms with Gasteiger partial charge in [0.1, 0.15) is 0 Å². The lowest BCUT2D eigenvalue weighted by atomic mass is 9.98. The normalized spacial score (nSPS) is 16.6. The second kappa shape index (κ2) is 12.5. The van der Waals surface area contributed by atoms with E-state index in [1.807, 2.05) is 6.07 Å². The molecule has 1 aromatic rings. The van der Waals surface area contributed by atoms with Crippen molar-refractivity contribution in [2.75, 3.05) is 19.7 Å². The zero-order chi connectivity index (χ0) is 16.3. The number of aliphatic imine (C=N–C) groups is 1. The van der Waals surface area contributed by atoms with E-state index < -0.39 is 0 Å². The number of guanidine groups is 1. The first-order chi connectivity index (χ1) is 11.3. The van der Waals surface area contributed by atoms with E-state index in [1.54, 1.807) is 0 Å². The fraction of sp³-hybridized carbons (Fsp3) is 0.632. The van der Waals surface area contributed by atoms with Crippen LogP contribution in [0.25, 0.3) is 0 Å². The van der Waals surface area contributed by atoms with Crippen LogP contribution in [0.1, 0.15) is 44.6 Å². The van der Waals surface area contributed by atoms with E-state index in [-0.39, 0.29) is 24.0 Å². The lowest BCUT2D eigenvalue weighted by molar-refractivity contribution is 0.0177. The highest BCUT2D eigenvalue weighted by Gasteiger charge is 2.24. The molecule has 0 aromatic heterocycles. The largest absolute Gasteiger partial charge is 0.378 e. The van der Waals surface area contributed by atoms with Gasteiger partial charge in [-0.1, -0.05) is 43.2 Å². The summed E-state index contributed by atoms with van der Waals surface area (Å²) in [6.07, 6.45) is 7.59. The number of hydrogen-bond donors (Lipinski definition) is 2. The molecule has 2 rings (SSSR count). The smallest absolute Gasteiger partial charge is 0.188 e. The van der Waals surface area contributed by atoms with Crippen LogP contribution in [-0.4, -0.2) is 31.8 Å². The second-order valence-electron chi connectivity index (χ2n) is 6.26. The Morgan fingerprint density at radius 1 is 1.29 bits per heavy atom. The summed E-state index contributed by atoms with van der Waals surface area (Å²) >= 11 is 0. The van der Waals surface area contributed by atoms with Crippen LogP contribution in [0.15, 0.2) is 35.3 Å². The molecule has 5 heteroatoms. The SMILES string of the molecule is CCOC(CCN=C(N)NCCc1ccccc1)C1CCCC1.I. The van der Waals surface area contributed by atoms with E-state index in [0.29, 0.717) is 12.1 Å². The molecule has 3 N–H and O–H groups in total. The minimum absolute atomic E-state index is 0. The fourth-order valence-electron chi connectivity index (χ4n) is 3.35. The maximum Gasteiger partial charge on any atom is 0.188 e. The summed E-state index contributed by atoms with van der Waals surface area (Å²) in [5.41, 5.74) is 7.26. The molecule has 0 radical (unpaired) electrons. The molecule has 0 bridgehead atoms. The van der Waals surface area contributed by atoms with E-state index in [9.17, 15) is 0 Å². The summed E-state index contributed by atoms with van der Waals surface area (Å²) < 4.78 is 5.92. The second-order valence-corrected chi connectivity index (χ2v) is 6.26. The van der Waals surface area contributed by atoms with Crippen molar-refractivity contribution in [2.24, 2.45) is 16.6 Å². The Balaban J connectivity index is 0.00000288. The third-order valence-electron chi connectivity index (χ3n) is 4.56. The summed E-state index contributed by atoms with van der Waals surface area (Å²) in [5.74, 6) is 1.26. The Morgan fingerprint density at radius 3 is 2.67 bits per heavy atom. The lowest BCUT2D eigenvalue weighted by Gasteiger charge is -2.22. The molecule has 1 unspecified atom stereocenters. The van der Waals surface area contributed by atoms with Crippen molar-refractivity contribution in [3.8, 4) is 0 Å². The molecule has 1 aliphatic carbocycles. The Bertz CT molecular complexity index is 461. The Kier molecular flexibility index (Phi) is 11.1. The lowest BCUT2D eigenvalue weighted by Crippen LogP contribution is -2.33. The van der Waals surface area contributed by atoms with Gasteiger partial charge in [0.2, 0.25) is 0 Å². The highest BCUT2D eigenvalue weighted by atomic mass is 127. The van der Waals surface area contributed by atoms with Crippen molar-refractivity contribution in [3.05, 3.63) is 35.9 Å². The van der Waals surface area contributed by atoms with Crippen molar-refractivity contribution >= 4 is 29.9 Å². The van der Waals surface area contributed by atoms with E-state index in [4.69, 9.17) is 10.5 Å². The number of nitrogens with one attached hydrogen (secondary N) is 1. The summed E-state index contributed by atoms with van der Waals surface area (Å²) in [6.45, 7) is 4.42. The molecule has 0 heterocycles. The number of benzene rings is 1. The van der Waals surface area contributed by atoms with Gasteiger partial charge in [-0.05, 0) is 44.1 Å². The molecule has 1 atom stereocenters. The average molecular weight is 445 g/mol. The summed E-state index contributed by atoms with van der Waals surface area (Å²) in [7, 11) is 0. The molecule has 0 amide bonds. The highest BCUT2D eigenvalue weighted by Crippen LogP contribution is 2.30. The number of halogens is 1.